The van der Waals surface area contributed by atoms with Crippen molar-refractivity contribution in [1.82, 2.24) is 9.97 Å². The van der Waals surface area contributed by atoms with Gasteiger partial charge in [0.25, 0.3) is 5.56 Å². The van der Waals surface area contributed by atoms with Crippen molar-refractivity contribution in [2.45, 2.75) is 13.3 Å². The summed E-state index contributed by atoms with van der Waals surface area (Å²) in [4.78, 5) is 30.4. The van der Waals surface area contributed by atoms with Gasteiger partial charge in [-0.2, -0.15) is 0 Å². The van der Waals surface area contributed by atoms with E-state index < -0.39 is 5.56 Å². The number of aromatic nitrogens is 2. The number of hydrogen-bond donors (Lipinski definition) is 2. The quantitative estimate of drug-likeness (QED) is 0.688. The molecule has 0 saturated heterocycles. The van der Waals surface area contributed by atoms with Crippen molar-refractivity contribution < 1.29 is 9.53 Å². The predicted molar refractivity (Wildman–Crippen MR) is 63.8 cm³/mol. The van der Waals surface area contributed by atoms with E-state index in [1.807, 2.05) is 0 Å². The summed E-state index contributed by atoms with van der Waals surface area (Å²) in [5.74, 6) is 0.0702. The van der Waals surface area contributed by atoms with Crippen LogP contribution in [0.4, 0.5) is 11.5 Å². The fourth-order valence-corrected chi connectivity index (χ4v) is 1.30. The molecule has 7 heteroatoms. The molecule has 0 amide bonds. The van der Waals surface area contributed by atoms with Gasteiger partial charge in [-0.25, -0.2) is 4.98 Å². The summed E-state index contributed by atoms with van der Waals surface area (Å²) in [5.41, 5.74) is 5.23. The number of anilines is 2. The van der Waals surface area contributed by atoms with Crippen LogP contribution in [0.3, 0.4) is 0 Å². The summed E-state index contributed by atoms with van der Waals surface area (Å²) >= 11 is 0. The van der Waals surface area contributed by atoms with Crippen LogP contribution in [0.1, 0.15) is 13.3 Å². The van der Waals surface area contributed by atoms with Crippen molar-refractivity contribution in [3.8, 4) is 0 Å². The molecule has 0 saturated carbocycles. The molecule has 0 fully saturated rings. The zero-order chi connectivity index (χ0) is 12.8. The average Bonchev–Trinajstić information content (AvgIpc) is 2.30. The van der Waals surface area contributed by atoms with Crippen LogP contribution in [-0.4, -0.2) is 36.1 Å². The number of nitrogens with one attached hydrogen (secondary N) is 1. The summed E-state index contributed by atoms with van der Waals surface area (Å²) in [6, 6.07) is 0. The van der Waals surface area contributed by atoms with Crippen LogP contribution in [-0.2, 0) is 9.53 Å². The van der Waals surface area contributed by atoms with E-state index in [-0.39, 0.29) is 18.1 Å². The van der Waals surface area contributed by atoms with E-state index in [2.05, 4.69) is 9.97 Å². The topological polar surface area (TPSA) is 101 Å². The normalized spacial score (nSPS) is 10.0. The van der Waals surface area contributed by atoms with Gasteiger partial charge < -0.3 is 20.4 Å². The second-order valence-corrected chi connectivity index (χ2v) is 3.45. The first-order chi connectivity index (χ1) is 8.06. The van der Waals surface area contributed by atoms with Crippen LogP contribution in [0.15, 0.2) is 11.1 Å². The Balaban J connectivity index is 2.64. The van der Waals surface area contributed by atoms with E-state index in [1.165, 1.54) is 6.33 Å². The number of nitrogens with two attached hydrogens (primary N) is 1. The van der Waals surface area contributed by atoms with Gasteiger partial charge in [-0.1, -0.05) is 0 Å². The number of esters is 1. The van der Waals surface area contributed by atoms with Gasteiger partial charge in [0.05, 0.1) is 19.4 Å². The number of carbonyl (C=O) groups is 1. The minimum Gasteiger partial charge on any atom is -0.466 e. The Hall–Kier alpha value is -2.05. The highest BCUT2D eigenvalue weighted by Gasteiger charge is 2.11. The van der Waals surface area contributed by atoms with Gasteiger partial charge in [-0.3, -0.25) is 9.59 Å². The second-order valence-electron chi connectivity index (χ2n) is 3.45. The minimum atomic E-state index is -0.391. The van der Waals surface area contributed by atoms with E-state index in [0.717, 1.165) is 0 Å². The maximum Gasteiger partial charge on any atom is 0.307 e. The second kappa shape index (κ2) is 5.88. The van der Waals surface area contributed by atoms with Crippen LogP contribution in [0, 0.1) is 0 Å². The lowest BCUT2D eigenvalue weighted by atomic mass is 10.3. The maximum absolute atomic E-state index is 11.2. The van der Waals surface area contributed by atoms with Crippen molar-refractivity contribution in [3.63, 3.8) is 0 Å². The minimum absolute atomic E-state index is 0.0406. The van der Waals surface area contributed by atoms with Gasteiger partial charge in [0, 0.05) is 13.6 Å². The molecule has 0 aliphatic rings. The third-order valence-electron chi connectivity index (χ3n) is 2.19. The first-order valence-corrected chi connectivity index (χ1v) is 5.26. The highest BCUT2D eigenvalue weighted by atomic mass is 16.5. The molecule has 0 aromatic carbocycles. The predicted octanol–water partition coefficient (Wildman–Crippen LogP) is -0.258. The standard InChI is InChI=1S/C10H16N4O3/c1-3-17-7(15)4-5-14(2)9-8(11)10(16)13-6-12-9/h6H,3-5,11H2,1-2H3,(H,12,13,16). The van der Waals surface area contributed by atoms with Gasteiger partial charge in [0.15, 0.2) is 5.82 Å². The first kappa shape index (κ1) is 13.0. The lowest BCUT2D eigenvalue weighted by Crippen LogP contribution is -2.26. The van der Waals surface area contributed by atoms with Gasteiger partial charge in [0.1, 0.15) is 5.69 Å². The molecule has 0 atom stereocenters. The van der Waals surface area contributed by atoms with E-state index in [4.69, 9.17) is 10.5 Å². The third kappa shape index (κ3) is 3.47. The maximum atomic E-state index is 11.2. The number of hydrogen-bond acceptors (Lipinski definition) is 6. The Labute approximate surface area is 98.6 Å². The van der Waals surface area contributed by atoms with Crippen LogP contribution >= 0.6 is 0 Å². The number of carbonyl (C=O) groups excluding carboxylic acids is 1. The highest BCUT2D eigenvalue weighted by molar-refractivity contribution is 5.70. The number of rotatable bonds is 5. The lowest BCUT2D eigenvalue weighted by Gasteiger charge is -2.18. The lowest BCUT2D eigenvalue weighted by molar-refractivity contribution is -0.142. The Kier molecular flexibility index (Phi) is 4.50. The van der Waals surface area contributed by atoms with Crippen LogP contribution in [0.25, 0.3) is 0 Å². The summed E-state index contributed by atoms with van der Waals surface area (Å²) in [6.07, 6.45) is 1.49. The van der Waals surface area contributed by atoms with Crippen molar-refractivity contribution >= 4 is 17.5 Å². The molecule has 0 radical (unpaired) electrons. The summed E-state index contributed by atoms with van der Waals surface area (Å²) in [5, 5.41) is 0. The van der Waals surface area contributed by atoms with Crippen LogP contribution < -0.4 is 16.2 Å². The van der Waals surface area contributed by atoms with Crippen molar-refractivity contribution in [2.24, 2.45) is 0 Å². The molecule has 1 rings (SSSR count). The van der Waals surface area contributed by atoms with E-state index >= 15 is 0 Å². The summed E-state index contributed by atoms with van der Waals surface area (Å²) in [6.45, 7) is 2.49. The molecule has 1 aromatic rings. The Morgan fingerprint density at radius 2 is 2.35 bits per heavy atom. The fourth-order valence-electron chi connectivity index (χ4n) is 1.30. The Bertz CT molecular complexity index is 443. The van der Waals surface area contributed by atoms with Crippen LogP contribution in [0.2, 0.25) is 0 Å². The SMILES string of the molecule is CCOC(=O)CCN(C)c1nc[nH]c(=O)c1N. The monoisotopic (exact) mass is 240 g/mol. The number of aromatic amines is 1. The zero-order valence-corrected chi connectivity index (χ0v) is 9.90. The van der Waals surface area contributed by atoms with Crippen molar-refractivity contribution in [3.05, 3.63) is 16.7 Å². The smallest absolute Gasteiger partial charge is 0.307 e. The Morgan fingerprint density at radius 3 is 3.00 bits per heavy atom. The molecule has 94 valence electrons. The molecule has 0 bridgehead atoms. The van der Waals surface area contributed by atoms with Crippen LogP contribution in [0.5, 0.6) is 0 Å². The fraction of sp³-hybridized carbons (Fsp3) is 0.500. The zero-order valence-electron chi connectivity index (χ0n) is 9.90. The van der Waals surface area contributed by atoms with E-state index in [1.54, 1.807) is 18.9 Å². The molecule has 0 spiro atoms. The number of ether oxygens (including phenoxy) is 1. The molecule has 17 heavy (non-hydrogen) atoms. The molecular weight excluding hydrogens is 224 g/mol. The van der Waals surface area contributed by atoms with Crippen molar-refractivity contribution in [2.75, 3.05) is 30.8 Å². The first-order valence-electron chi connectivity index (χ1n) is 5.26. The average molecular weight is 240 g/mol. The van der Waals surface area contributed by atoms with Gasteiger partial charge in [-0.15, -0.1) is 0 Å². The number of nitrogens with zero attached hydrogens (tertiary/aromatic N) is 2. The molecule has 0 aliphatic carbocycles. The molecule has 7 nitrogen and oxygen atoms in total. The number of nitrogen functional groups attached to an aromatic ring is 1. The van der Waals surface area contributed by atoms with Crippen molar-refractivity contribution in [1.29, 1.82) is 0 Å². The largest absolute Gasteiger partial charge is 0.466 e. The highest BCUT2D eigenvalue weighted by Crippen LogP contribution is 2.12. The molecule has 0 unspecified atom stereocenters. The van der Waals surface area contributed by atoms with E-state index in [9.17, 15) is 9.59 Å². The Morgan fingerprint density at radius 1 is 1.65 bits per heavy atom. The molecule has 0 aliphatic heterocycles. The number of H-pyrrole nitrogens is 1. The molecule has 1 aromatic heterocycles. The molecule has 1 heterocycles. The van der Waals surface area contributed by atoms with Gasteiger partial charge >= 0.3 is 5.97 Å². The van der Waals surface area contributed by atoms with Gasteiger partial charge in [-0.05, 0) is 6.92 Å². The third-order valence-corrected chi connectivity index (χ3v) is 2.19. The molecular formula is C10H16N4O3. The molecule has 3 N–H and O–H groups in total. The summed E-state index contributed by atoms with van der Waals surface area (Å²) < 4.78 is 4.80. The van der Waals surface area contributed by atoms with Gasteiger partial charge in [0.2, 0.25) is 0 Å². The van der Waals surface area contributed by atoms with E-state index in [0.29, 0.717) is 19.0 Å². The summed E-state index contributed by atoms with van der Waals surface area (Å²) in [7, 11) is 1.71.